The van der Waals surface area contributed by atoms with Gasteiger partial charge in [-0.05, 0) is 19.8 Å². The molecule has 0 radical (unpaired) electrons. The lowest BCUT2D eigenvalue weighted by Crippen LogP contribution is -2.43. The summed E-state index contributed by atoms with van der Waals surface area (Å²) in [5.41, 5.74) is 5.61. The molecule has 1 aliphatic heterocycles. The summed E-state index contributed by atoms with van der Waals surface area (Å²) in [6.45, 7) is 8.87. The van der Waals surface area contributed by atoms with E-state index in [0.717, 1.165) is 19.4 Å². The molecular formula is C11H22N2O. The monoisotopic (exact) mass is 198 g/mol. The molecule has 0 aliphatic carbocycles. The smallest absolute Gasteiger partial charge is 0.228 e. The SMILES string of the molecule is CCC(C)(C)C(=O)N1CC(N)CC1C. The molecule has 0 saturated carbocycles. The van der Waals surface area contributed by atoms with Crippen molar-refractivity contribution in [1.82, 2.24) is 4.90 Å². The van der Waals surface area contributed by atoms with Crippen LogP contribution in [0.4, 0.5) is 0 Å². The standard InChI is InChI=1S/C11H22N2O/c1-5-11(3,4)10(14)13-7-9(12)6-8(13)2/h8-9H,5-7,12H2,1-4H3. The van der Waals surface area contributed by atoms with Gasteiger partial charge in [0.2, 0.25) is 5.91 Å². The van der Waals surface area contributed by atoms with Gasteiger partial charge in [0.15, 0.2) is 0 Å². The van der Waals surface area contributed by atoms with Gasteiger partial charge >= 0.3 is 0 Å². The Morgan fingerprint density at radius 2 is 2.14 bits per heavy atom. The largest absolute Gasteiger partial charge is 0.338 e. The zero-order valence-electron chi connectivity index (χ0n) is 9.71. The van der Waals surface area contributed by atoms with E-state index in [1.807, 2.05) is 18.7 Å². The van der Waals surface area contributed by atoms with Crippen molar-refractivity contribution in [3.8, 4) is 0 Å². The van der Waals surface area contributed by atoms with E-state index < -0.39 is 0 Å². The minimum Gasteiger partial charge on any atom is -0.338 e. The number of hydrogen-bond acceptors (Lipinski definition) is 2. The summed E-state index contributed by atoms with van der Waals surface area (Å²) >= 11 is 0. The van der Waals surface area contributed by atoms with Crippen LogP contribution in [0.5, 0.6) is 0 Å². The van der Waals surface area contributed by atoms with Crippen LogP contribution < -0.4 is 5.73 Å². The maximum Gasteiger partial charge on any atom is 0.228 e. The Hall–Kier alpha value is -0.570. The average molecular weight is 198 g/mol. The third-order valence-electron chi connectivity index (χ3n) is 3.33. The quantitative estimate of drug-likeness (QED) is 0.728. The Morgan fingerprint density at radius 3 is 2.50 bits per heavy atom. The minimum atomic E-state index is -0.238. The van der Waals surface area contributed by atoms with E-state index in [1.54, 1.807) is 0 Å². The van der Waals surface area contributed by atoms with E-state index in [2.05, 4.69) is 13.8 Å². The summed E-state index contributed by atoms with van der Waals surface area (Å²) in [5, 5.41) is 0. The van der Waals surface area contributed by atoms with Crippen molar-refractivity contribution in [2.75, 3.05) is 6.54 Å². The Labute approximate surface area is 86.6 Å². The summed E-state index contributed by atoms with van der Waals surface area (Å²) in [5.74, 6) is 0.250. The summed E-state index contributed by atoms with van der Waals surface area (Å²) in [7, 11) is 0. The number of hydrogen-bond donors (Lipinski definition) is 1. The number of nitrogens with zero attached hydrogens (tertiary/aromatic N) is 1. The highest BCUT2D eigenvalue weighted by atomic mass is 16.2. The normalized spacial score (nSPS) is 28.2. The van der Waals surface area contributed by atoms with Gasteiger partial charge in [0.25, 0.3) is 0 Å². The Balaban J connectivity index is 2.70. The molecule has 1 fully saturated rings. The van der Waals surface area contributed by atoms with Crippen molar-refractivity contribution in [3.05, 3.63) is 0 Å². The second kappa shape index (κ2) is 3.89. The second-order valence-corrected chi connectivity index (χ2v) is 5.04. The molecule has 0 bridgehead atoms. The van der Waals surface area contributed by atoms with Crippen LogP contribution in [0.25, 0.3) is 0 Å². The molecule has 82 valence electrons. The van der Waals surface area contributed by atoms with Crippen molar-refractivity contribution in [1.29, 1.82) is 0 Å². The fourth-order valence-corrected chi connectivity index (χ4v) is 1.90. The third kappa shape index (κ3) is 2.08. The van der Waals surface area contributed by atoms with Crippen LogP contribution in [-0.2, 0) is 4.79 Å². The first-order valence-corrected chi connectivity index (χ1v) is 5.45. The molecule has 1 amide bonds. The number of carbonyl (C=O) groups excluding carboxylic acids is 1. The highest BCUT2D eigenvalue weighted by molar-refractivity contribution is 5.82. The van der Waals surface area contributed by atoms with Gasteiger partial charge in [-0.1, -0.05) is 20.8 Å². The first-order valence-electron chi connectivity index (χ1n) is 5.45. The summed E-state index contributed by atoms with van der Waals surface area (Å²) < 4.78 is 0. The topological polar surface area (TPSA) is 46.3 Å². The van der Waals surface area contributed by atoms with E-state index in [-0.39, 0.29) is 17.4 Å². The Kier molecular flexibility index (Phi) is 3.20. The molecular weight excluding hydrogens is 176 g/mol. The lowest BCUT2D eigenvalue weighted by molar-refractivity contribution is -0.141. The van der Waals surface area contributed by atoms with Crippen LogP contribution in [0.3, 0.4) is 0 Å². The fourth-order valence-electron chi connectivity index (χ4n) is 1.90. The predicted octanol–water partition coefficient (Wildman–Crippen LogP) is 1.37. The van der Waals surface area contributed by atoms with Crippen molar-refractivity contribution in [2.24, 2.45) is 11.1 Å². The molecule has 1 saturated heterocycles. The third-order valence-corrected chi connectivity index (χ3v) is 3.33. The van der Waals surface area contributed by atoms with Crippen molar-refractivity contribution in [2.45, 2.75) is 52.6 Å². The van der Waals surface area contributed by atoms with Gasteiger partial charge in [0.1, 0.15) is 0 Å². The molecule has 2 N–H and O–H groups in total. The Bertz CT molecular complexity index is 225. The summed E-state index contributed by atoms with van der Waals surface area (Å²) in [4.78, 5) is 14.1. The van der Waals surface area contributed by atoms with Gasteiger partial charge in [-0.15, -0.1) is 0 Å². The number of amides is 1. The lowest BCUT2D eigenvalue weighted by Gasteiger charge is -2.31. The van der Waals surface area contributed by atoms with Crippen LogP contribution >= 0.6 is 0 Å². The zero-order valence-corrected chi connectivity index (χ0v) is 9.71. The fraction of sp³-hybridized carbons (Fsp3) is 0.909. The Morgan fingerprint density at radius 1 is 1.57 bits per heavy atom. The van der Waals surface area contributed by atoms with Crippen molar-refractivity contribution in [3.63, 3.8) is 0 Å². The van der Waals surface area contributed by atoms with Crippen molar-refractivity contribution >= 4 is 5.91 Å². The van der Waals surface area contributed by atoms with Gasteiger partial charge < -0.3 is 10.6 Å². The minimum absolute atomic E-state index is 0.168. The molecule has 0 aromatic rings. The molecule has 0 spiro atoms. The van der Waals surface area contributed by atoms with Crippen LogP contribution in [-0.4, -0.2) is 29.4 Å². The lowest BCUT2D eigenvalue weighted by atomic mass is 9.88. The molecule has 14 heavy (non-hydrogen) atoms. The van der Waals surface area contributed by atoms with Gasteiger partial charge in [-0.25, -0.2) is 0 Å². The van der Waals surface area contributed by atoms with Gasteiger partial charge in [-0.3, -0.25) is 4.79 Å². The summed E-state index contributed by atoms with van der Waals surface area (Å²) in [6, 6.07) is 0.477. The molecule has 1 rings (SSSR count). The maximum atomic E-state index is 12.1. The highest BCUT2D eigenvalue weighted by Gasteiger charge is 2.37. The van der Waals surface area contributed by atoms with Crippen LogP contribution in [0.1, 0.15) is 40.5 Å². The number of rotatable bonds is 2. The molecule has 1 aliphatic rings. The van der Waals surface area contributed by atoms with Crippen molar-refractivity contribution < 1.29 is 4.79 Å². The van der Waals surface area contributed by atoms with E-state index in [0.29, 0.717) is 6.04 Å². The first kappa shape index (κ1) is 11.5. The molecule has 3 nitrogen and oxygen atoms in total. The molecule has 2 atom stereocenters. The van der Waals surface area contributed by atoms with E-state index in [4.69, 9.17) is 5.73 Å². The summed E-state index contributed by atoms with van der Waals surface area (Å²) in [6.07, 6.45) is 1.82. The zero-order chi connectivity index (χ0) is 10.9. The van der Waals surface area contributed by atoms with Crippen LogP contribution in [0.15, 0.2) is 0 Å². The second-order valence-electron chi connectivity index (χ2n) is 5.04. The average Bonchev–Trinajstić information content (AvgIpc) is 2.44. The number of carbonyl (C=O) groups is 1. The number of nitrogens with two attached hydrogens (primary N) is 1. The van der Waals surface area contributed by atoms with Gasteiger partial charge in [0, 0.05) is 24.0 Å². The van der Waals surface area contributed by atoms with Gasteiger partial charge in [0.05, 0.1) is 0 Å². The van der Waals surface area contributed by atoms with E-state index >= 15 is 0 Å². The molecule has 1 heterocycles. The molecule has 0 aromatic carbocycles. The van der Waals surface area contributed by atoms with Crippen LogP contribution in [0.2, 0.25) is 0 Å². The molecule has 0 aromatic heterocycles. The number of likely N-dealkylation sites (tertiary alicyclic amines) is 1. The highest BCUT2D eigenvalue weighted by Crippen LogP contribution is 2.27. The maximum absolute atomic E-state index is 12.1. The van der Waals surface area contributed by atoms with Crippen LogP contribution in [0, 0.1) is 5.41 Å². The first-order chi connectivity index (χ1) is 6.38. The molecule has 2 unspecified atom stereocenters. The van der Waals surface area contributed by atoms with Gasteiger partial charge in [-0.2, -0.15) is 0 Å². The van der Waals surface area contributed by atoms with E-state index in [1.165, 1.54) is 0 Å². The molecule has 3 heteroatoms. The van der Waals surface area contributed by atoms with E-state index in [9.17, 15) is 4.79 Å². The predicted molar refractivity (Wildman–Crippen MR) is 57.8 cm³/mol.